The van der Waals surface area contributed by atoms with Gasteiger partial charge >= 0.3 is 0 Å². The fraction of sp³-hybridized carbons (Fsp3) is 0.308. The number of nitrogens with one attached hydrogen (secondary N) is 1. The molecule has 20 heavy (non-hydrogen) atoms. The average molecular weight is 279 g/mol. The van der Waals surface area contributed by atoms with Crippen molar-refractivity contribution in [1.29, 1.82) is 0 Å². The maximum absolute atomic E-state index is 11.5. The smallest absolute Gasteiger partial charge is 0.269 e. The van der Waals surface area contributed by atoms with E-state index in [1.54, 1.807) is 19.1 Å². The lowest BCUT2D eigenvalue weighted by Crippen LogP contribution is -2.43. The Labute approximate surface area is 116 Å². The minimum absolute atomic E-state index is 0.00508. The van der Waals surface area contributed by atoms with Gasteiger partial charge in [0, 0.05) is 30.8 Å². The van der Waals surface area contributed by atoms with Gasteiger partial charge in [0.15, 0.2) is 0 Å². The molecule has 0 saturated heterocycles. The van der Waals surface area contributed by atoms with Gasteiger partial charge in [0.1, 0.15) is 0 Å². The van der Waals surface area contributed by atoms with Crippen molar-refractivity contribution in [3.63, 3.8) is 0 Å². The number of nitrogens with two attached hydrogens (primary N) is 1. The lowest BCUT2D eigenvalue weighted by molar-refractivity contribution is -0.384. The molecule has 7 nitrogen and oxygen atoms in total. The fourth-order valence-corrected chi connectivity index (χ4v) is 1.33. The Morgan fingerprint density at radius 2 is 2.10 bits per heavy atom. The molecule has 0 aliphatic rings. The highest BCUT2D eigenvalue weighted by Gasteiger charge is 2.09. The third kappa shape index (κ3) is 5.17. The number of nitro groups is 1. The number of carbonyl (C=O) groups is 1. The van der Waals surface area contributed by atoms with Gasteiger partial charge < -0.3 is 16.2 Å². The van der Waals surface area contributed by atoms with Crippen LogP contribution in [0.1, 0.15) is 12.5 Å². The van der Waals surface area contributed by atoms with E-state index < -0.39 is 17.1 Å². The highest BCUT2D eigenvalue weighted by Crippen LogP contribution is 2.12. The Kier molecular flexibility index (Phi) is 5.82. The normalized spacial score (nSPS) is 13.9. The predicted octanol–water partition coefficient (Wildman–Crippen LogP) is 0.432. The fourth-order valence-electron chi connectivity index (χ4n) is 1.33. The van der Waals surface area contributed by atoms with Gasteiger partial charge in [0.25, 0.3) is 5.69 Å². The van der Waals surface area contributed by atoms with Gasteiger partial charge in [-0.2, -0.15) is 0 Å². The summed E-state index contributed by atoms with van der Waals surface area (Å²) >= 11 is 0. The van der Waals surface area contributed by atoms with Crippen molar-refractivity contribution in [2.75, 3.05) is 6.54 Å². The number of carbonyl (C=O) groups excluding carboxylic acids is 1. The van der Waals surface area contributed by atoms with Gasteiger partial charge in [-0.05, 0) is 30.7 Å². The van der Waals surface area contributed by atoms with E-state index in [4.69, 9.17) is 10.8 Å². The molecule has 4 N–H and O–H groups in total. The number of amides is 1. The van der Waals surface area contributed by atoms with E-state index >= 15 is 0 Å². The van der Waals surface area contributed by atoms with Crippen molar-refractivity contribution in [2.45, 2.75) is 19.1 Å². The van der Waals surface area contributed by atoms with E-state index in [1.165, 1.54) is 24.3 Å². The van der Waals surface area contributed by atoms with E-state index in [-0.39, 0.29) is 18.1 Å². The first-order chi connectivity index (χ1) is 9.40. The molecule has 108 valence electrons. The van der Waals surface area contributed by atoms with Crippen LogP contribution in [0.2, 0.25) is 0 Å². The molecule has 1 rings (SSSR count). The standard InChI is InChI=1S/C13H17N3O4/c1-9(17)12(14)8-15-13(18)7-4-10-2-5-11(6-3-10)16(19)20/h2-7,9,12,17H,8,14H2,1H3,(H,15,18). The van der Waals surface area contributed by atoms with Crippen LogP contribution in [0.5, 0.6) is 0 Å². The molecule has 0 spiro atoms. The molecule has 0 saturated carbocycles. The molecule has 2 atom stereocenters. The Hall–Kier alpha value is -2.25. The molecule has 0 radical (unpaired) electrons. The largest absolute Gasteiger partial charge is 0.392 e. The van der Waals surface area contributed by atoms with Crippen LogP contribution in [-0.4, -0.2) is 34.6 Å². The van der Waals surface area contributed by atoms with Crippen LogP contribution >= 0.6 is 0 Å². The van der Waals surface area contributed by atoms with Crippen molar-refractivity contribution in [3.05, 3.63) is 46.0 Å². The summed E-state index contributed by atoms with van der Waals surface area (Å²) < 4.78 is 0. The van der Waals surface area contributed by atoms with Crippen LogP contribution in [0, 0.1) is 10.1 Å². The Morgan fingerprint density at radius 1 is 1.50 bits per heavy atom. The van der Waals surface area contributed by atoms with Gasteiger partial charge in [0.05, 0.1) is 11.0 Å². The van der Waals surface area contributed by atoms with E-state index in [0.717, 1.165) is 0 Å². The van der Waals surface area contributed by atoms with Gasteiger partial charge in [-0.15, -0.1) is 0 Å². The van der Waals surface area contributed by atoms with Crippen molar-refractivity contribution >= 4 is 17.7 Å². The predicted molar refractivity (Wildman–Crippen MR) is 74.8 cm³/mol. The SMILES string of the molecule is CC(O)C(N)CNC(=O)C=Cc1ccc([N+](=O)[O-])cc1. The van der Waals surface area contributed by atoms with E-state index in [9.17, 15) is 14.9 Å². The van der Waals surface area contributed by atoms with Gasteiger partial charge in [-0.3, -0.25) is 14.9 Å². The third-order valence-electron chi connectivity index (χ3n) is 2.66. The molecule has 2 unspecified atom stereocenters. The molecular formula is C13H17N3O4. The minimum atomic E-state index is -0.700. The van der Waals surface area contributed by atoms with E-state index in [0.29, 0.717) is 5.56 Å². The number of aliphatic hydroxyl groups is 1. The summed E-state index contributed by atoms with van der Waals surface area (Å²) in [5.41, 5.74) is 6.23. The lowest BCUT2D eigenvalue weighted by atomic mass is 10.2. The summed E-state index contributed by atoms with van der Waals surface area (Å²) in [5.74, 6) is -0.348. The summed E-state index contributed by atoms with van der Waals surface area (Å²) in [7, 11) is 0. The molecular weight excluding hydrogens is 262 g/mol. The first-order valence-electron chi connectivity index (χ1n) is 6.04. The number of rotatable bonds is 6. The number of hydrogen-bond donors (Lipinski definition) is 3. The second kappa shape index (κ2) is 7.37. The summed E-state index contributed by atoms with van der Waals surface area (Å²) in [4.78, 5) is 21.5. The second-order valence-corrected chi connectivity index (χ2v) is 4.33. The topological polar surface area (TPSA) is 118 Å². The molecule has 0 heterocycles. The lowest BCUT2D eigenvalue weighted by Gasteiger charge is -2.14. The second-order valence-electron chi connectivity index (χ2n) is 4.33. The first-order valence-corrected chi connectivity index (χ1v) is 6.04. The third-order valence-corrected chi connectivity index (χ3v) is 2.66. The number of nitrogens with zero attached hydrogens (tertiary/aromatic N) is 1. The van der Waals surface area contributed by atoms with Crippen LogP contribution in [0.3, 0.4) is 0 Å². The van der Waals surface area contributed by atoms with Crippen LogP contribution in [0.25, 0.3) is 6.08 Å². The maximum Gasteiger partial charge on any atom is 0.269 e. The minimum Gasteiger partial charge on any atom is -0.392 e. The quantitative estimate of drug-likeness (QED) is 0.396. The number of hydrogen-bond acceptors (Lipinski definition) is 5. The number of benzene rings is 1. The zero-order valence-corrected chi connectivity index (χ0v) is 11.0. The summed E-state index contributed by atoms with van der Waals surface area (Å²) in [6, 6.07) is 5.29. The Bertz CT molecular complexity index is 497. The molecule has 0 aliphatic carbocycles. The van der Waals surface area contributed by atoms with Crippen molar-refractivity contribution in [2.24, 2.45) is 5.73 Å². The molecule has 0 aliphatic heterocycles. The zero-order chi connectivity index (χ0) is 15.1. The highest BCUT2D eigenvalue weighted by atomic mass is 16.6. The van der Waals surface area contributed by atoms with Crippen molar-refractivity contribution in [3.8, 4) is 0 Å². The van der Waals surface area contributed by atoms with Crippen LogP contribution in [0.4, 0.5) is 5.69 Å². The van der Waals surface area contributed by atoms with Crippen molar-refractivity contribution < 1.29 is 14.8 Å². The van der Waals surface area contributed by atoms with E-state index in [2.05, 4.69) is 5.32 Å². The molecule has 1 aromatic rings. The highest BCUT2D eigenvalue weighted by molar-refractivity contribution is 5.91. The van der Waals surface area contributed by atoms with Gasteiger partial charge in [0.2, 0.25) is 5.91 Å². The van der Waals surface area contributed by atoms with Crippen LogP contribution in [0.15, 0.2) is 30.3 Å². The first kappa shape index (κ1) is 15.8. The molecule has 0 aromatic heterocycles. The zero-order valence-electron chi connectivity index (χ0n) is 11.0. The van der Waals surface area contributed by atoms with Crippen LogP contribution in [-0.2, 0) is 4.79 Å². The van der Waals surface area contributed by atoms with Crippen LogP contribution < -0.4 is 11.1 Å². The number of non-ortho nitro benzene ring substituents is 1. The Balaban J connectivity index is 2.51. The van der Waals surface area contributed by atoms with Gasteiger partial charge in [-0.1, -0.05) is 0 Å². The van der Waals surface area contributed by atoms with Crippen molar-refractivity contribution in [1.82, 2.24) is 5.32 Å². The van der Waals surface area contributed by atoms with E-state index in [1.807, 2.05) is 0 Å². The monoisotopic (exact) mass is 279 g/mol. The average Bonchev–Trinajstić information content (AvgIpc) is 2.42. The number of aliphatic hydroxyl groups excluding tert-OH is 1. The number of nitro benzene ring substituents is 1. The molecule has 0 fully saturated rings. The molecule has 1 aromatic carbocycles. The molecule has 7 heteroatoms. The summed E-state index contributed by atoms with van der Waals surface area (Å²) in [6.45, 7) is 1.71. The summed E-state index contributed by atoms with van der Waals surface area (Å²) in [6.07, 6.45) is 2.14. The summed E-state index contributed by atoms with van der Waals surface area (Å²) in [5, 5.41) is 22.2. The maximum atomic E-state index is 11.5. The van der Waals surface area contributed by atoms with Gasteiger partial charge in [-0.25, -0.2) is 0 Å². The molecule has 1 amide bonds. The Morgan fingerprint density at radius 3 is 2.60 bits per heavy atom. The molecule has 0 bridgehead atoms.